The van der Waals surface area contributed by atoms with Crippen LogP contribution in [0, 0.1) is 11.3 Å². The van der Waals surface area contributed by atoms with Gasteiger partial charge in [0.25, 0.3) is 5.56 Å². The zero-order valence-corrected chi connectivity index (χ0v) is 17.1. The molecule has 0 bridgehead atoms. The Morgan fingerprint density at radius 2 is 2.04 bits per heavy atom. The van der Waals surface area contributed by atoms with E-state index in [1.165, 1.54) is 28.6 Å². The second-order valence-electron chi connectivity index (χ2n) is 6.51. The Labute approximate surface area is 170 Å². The van der Waals surface area contributed by atoms with E-state index in [4.69, 9.17) is 21.8 Å². The van der Waals surface area contributed by atoms with Crippen LogP contribution in [-0.4, -0.2) is 15.3 Å². The van der Waals surface area contributed by atoms with Crippen molar-refractivity contribution in [2.45, 2.75) is 43.7 Å². The summed E-state index contributed by atoms with van der Waals surface area (Å²) in [5.74, 6) is 0.754. The van der Waals surface area contributed by atoms with Crippen LogP contribution in [0.25, 0.3) is 15.9 Å². The highest BCUT2D eigenvalue weighted by Crippen LogP contribution is 2.35. The SMILES string of the molecule is N#CCCCSc1nc2sc3c(c2c(=O)n1-c1ccc(Cl)cc1)CCCC3. The molecule has 4 nitrogen and oxygen atoms in total. The van der Waals surface area contributed by atoms with Crippen LogP contribution in [0.15, 0.2) is 34.2 Å². The van der Waals surface area contributed by atoms with Crippen molar-refractivity contribution in [3.63, 3.8) is 0 Å². The van der Waals surface area contributed by atoms with Gasteiger partial charge < -0.3 is 0 Å². The minimum absolute atomic E-state index is 0.00417. The number of aromatic nitrogens is 2. The van der Waals surface area contributed by atoms with Gasteiger partial charge in [-0.2, -0.15) is 5.26 Å². The van der Waals surface area contributed by atoms with E-state index >= 15 is 0 Å². The highest BCUT2D eigenvalue weighted by atomic mass is 35.5. The van der Waals surface area contributed by atoms with Gasteiger partial charge in [-0.15, -0.1) is 11.3 Å². The molecule has 0 radical (unpaired) electrons. The average Bonchev–Trinajstić information content (AvgIpc) is 3.05. The molecule has 2 aromatic heterocycles. The lowest BCUT2D eigenvalue weighted by atomic mass is 9.97. The third-order valence-electron chi connectivity index (χ3n) is 4.71. The molecule has 0 saturated heterocycles. The third-order valence-corrected chi connectivity index (χ3v) is 7.17. The number of benzene rings is 1. The Morgan fingerprint density at radius 1 is 1.26 bits per heavy atom. The van der Waals surface area contributed by atoms with Crippen LogP contribution in [-0.2, 0) is 12.8 Å². The largest absolute Gasteiger partial charge is 0.268 e. The first-order valence-corrected chi connectivity index (χ1v) is 11.2. The third kappa shape index (κ3) is 3.64. The molecule has 2 heterocycles. The fourth-order valence-electron chi connectivity index (χ4n) is 3.42. The van der Waals surface area contributed by atoms with E-state index in [2.05, 4.69) is 6.07 Å². The maximum Gasteiger partial charge on any atom is 0.267 e. The molecule has 3 aromatic rings. The number of hydrogen-bond acceptors (Lipinski definition) is 5. The van der Waals surface area contributed by atoms with Crippen molar-refractivity contribution in [3.05, 3.63) is 50.1 Å². The first-order chi connectivity index (χ1) is 13.2. The van der Waals surface area contributed by atoms with Crippen LogP contribution in [0.2, 0.25) is 5.02 Å². The molecule has 0 spiro atoms. The zero-order chi connectivity index (χ0) is 18.8. The van der Waals surface area contributed by atoms with Crippen LogP contribution >= 0.6 is 34.7 Å². The molecule has 0 unspecified atom stereocenters. The summed E-state index contributed by atoms with van der Waals surface area (Å²) in [5.41, 5.74) is 1.98. The normalized spacial score (nSPS) is 13.5. The summed E-state index contributed by atoms with van der Waals surface area (Å²) in [5, 5.41) is 10.9. The number of aryl methyl sites for hydroxylation is 2. The van der Waals surface area contributed by atoms with Gasteiger partial charge in [0.2, 0.25) is 0 Å². The van der Waals surface area contributed by atoms with Gasteiger partial charge in [-0.1, -0.05) is 23.4 Å². The maximum atomic E-state index is 13.5. The second-order valence-corrected chi connectivity index (χ2v) is 9.09. The van der Waals surface area contributed by atoms with Gasteiger partial charge >= 0.3 is 0 Å². The molecule has 7 heteroatoms. The first kappa shape index (κ1) is 18.5. The number of halogens is 1. The Bertz CT molecular complexity index is 1080. The molecule has 0 fully saturated rings. The Morgan fingerprint density at radius 3 is 2.81 bits per heavy atom. The summed E-state index contributed by atoms with van der Waals surface area (Å²) in [6.07, 6.45) is 5.60. The molecule has 0 aliphatic heterocycles. The van der Waals surface area contributed by atoms with Gasteiger partial charge in [0.1, 0.15) is 4.83 Å². The van der Waals surface area contributed by atoms with Crippen molar-refractivity contribution in [1.29, 1.82) is 5.26 Å². The zero-order valence-electron chi connectivity index (χ0n) is 14.7. The predicted octanol–water partition coefficient (Wildman–Crippen LogP) is 5.38. The van der Waals surface area contributed by atoms with E-state index in [9.17, 15) is 4.79 Å². The number of hydrogen-bond donors (Lipinski definition) is 0. The summed E-state index contributed by atoms with van der Waals surface area (Å²) in [6.45, 7) is 0. The van der Waals surface area contributed by atoms with E-state index in [1.54, 1.807) is 28.0 Å². The van der Waals surface area contributed by atoms with Crippen molar-refractivity contribution in [2.24, 2.45) is 0 Å². The Balaban J connectivity index is 1.88. The molecule has 27 heavy (non-hydrogen) atoms. The minimum Gasteiger partial charge on any atom is -0.268 e. The predicted molar refractivity (Wildman–Crippen MR) is 112 cm³/mol. The molecule has 0 saturated carbocycles. The van der Waals surface area contributed by atoms with Gasteiger partial charge in [-0.3, -0.25) is 9.36 Å². The number of rotatable bonds is 5. The van der Waals surface area contributed by atoms with Crippen LogP contribution in [0.1, 0.15) is 36.1 Å². The van der Waals surface area contributed by atoms with Gasteiger partial charge in [0.15, 0.2) is 5.16 Å². The molecule has 1 aromatic carbocycles. The number of thiophene rings is 1. The van der Waals surface area contributed by atoms with Crippen molar-refractivity contribution < 1.29 is 0 Å². The molecule has 0 N–H and O–H groups in total. The highest BCUT2D eigenvalue weighted by Gasteiger charge is 2.22. The number of fused-ring (bicyclic) bond motifs is 3. The summed E-state index contributed by atoms with van der Waals surface area (Å²) in [4.78, 5) is 20.5. The first-order valence-electron chi connectivity index (χ1n) is 9.02. The number of thioether (sulfide) groups is 1. The fraction of sp³-hybridized carbons (Fsp3) is 0.350. The summed E-state index contributed by atoms with van der Waals surface area (Å²) in [7, 11) is 0. The van der Waals surface area contributed by atoms with E-state index in [0.717, 1.165) is 47.3 Å². The number of nitrogens with zero attached hydrogens (tertiary/aromatic N) is 3. The molecule has 4 rings (SSSR count). The van der Waals surface area contributed by atoms with E-state index in [1.807, 2.05) is 12.1 Å². The second kappa shape index (κ2) is 8.05. The molecule has 0 atom stereocenters. The lowest BCUT2D eigenvalue weighted by Gasteiger charge is -2.13. The topological polar surface area (TPSA) is 58.7 Å². The average molecular weight is 416 g/mol. The van der Waals surface area contributed by atoms with Crippen molar-refractivity contribution in [2.75, 3.05) is 5.75 Å². The van der Waals surface area contributed by atoms with Crippen molar-refractivity contribution in [3.8, 4) is 11.8 Å². The summed E-state index contributed by atoms with van der Waals surface area (Å²) >= 11 is 9.23. The maximum absolute atomic E-state index is 13.5. The molecular weight excluding hydrogens is 398 g/mol. The van der Waals surface area contributed by atoms with Gasteiger partial charge in [-0.25, -0.2) is 4.98 Å². The van der Waals surface area contributed by atoms with Gasteiger partial charge in [0.05, 0.1) is 17.1 Å². The molecule has 1 aliphatic rings. The molecule has 0 amide bonds. The lowest BCUT2D eigenvalue weighted by Crippen LogP contribution is -2.22. The summed E-state index contributed by atoms with van der Waals surface area (Å²) < 4.78 is 1.71. The summed E-state index contributed by atoms with van der Waals surface area (Å²) in [6, 6.07) is 9.46. The molecular formula is C20H18ClN3OS2. The van der Waals surface area contributed by atoms with E-state index in [0.29, 0.717) is 16.6 Å². The van der Waals surface area contributed by atoms with Crippen LogP contribution < -0.4 is 5.56 Å². The van der Waals surface area contributed by atoms with Crippen molar-refractivity contribution in [1.82, 2.24) is 9.55 Å². The van der Waals surface area contributed by atoms with Crippen LogP contribution in [0.5, 0.6) is 0 Å². The number of nitriles is 1. The Kier molecular flexibility index (Phi) is 5.53. The molecule has 138 valence electrons. The standard InChI is InChI=1S/C20H18ClN3OS2/c21-13-7-9-14(10-8-13)24-19(25)17-15-5-1-2-6-16(15)27-18(17)23-20(24)26-12-4-3-11-22/h7-10H,1-6,12H2. The van der Waals surface area contributed by atoms with Crippen LogP contribution in [0.3, 0.4) is 0 Å². The molecule has 1 aliphatic carbocycles. The number of unbranched alkanes of at least 4 members (excludes halogenated alkanes) is 1. The van der Waals surface area contributed by atoms with Crippen molar-refractivity contribution >= 4 is 44.9 Å². The highest BCUT2D eigenvalue weighted by molar-refractivity contribution is 7.99. The van der Waals surface area contributed by atoms with E-state index < -0.39 is 0 Å². The van der Waals surface area contributed by atoms with E-state index in [-0.39, 0.29) is 5.56 Å². The fourth-order valence-corrected chi connectivity index (χ4v) is 5.80. The minimum atomic E-state index is 0.00417. The quantitative estimate of drug-likeness (QED) is 0.319. The smallest absolute Gasteiger partial charge is 0.267 e. The van der Waals surface area contributed by atoms with Gasteiger partial charge in [0, 0.05) is 22.1 Å². The van der Waals surface area contributed by atoms with Gasteiger partial charge in [-0.05, 0) is 61.9 Å². The van der Waals surface area contributed by atoms with Crippen LogP contribution in [0.4, 0.5) is 0 Å². The lowest BCUT2D eigenvalue weighted by molar-refractivity contribution is 0.699. The monoisotopic (exact) mass is 415 g/mol. The Hall–Kier alpha value is -1.81.